The van der Waals surface area contributed by atoms with Gasteiger partial charge in [0.2, 0.25) is 0 Å². The van der Waals surface area contributed by atoms with Crippen molar-refractivity contribution in [1.82, 2.24) is 15.3 Å². The highest BCUT2D eigenvalue weighted by atomic mass is 32.2. The second-order valence-electron chi connectivity index (χ2n) is 6.86. The first-order chi connectivity index (χ1) is 14.2. The van der Waals surface area contributed by atoms with E-state index in [9.17, 15) is 4.79 Å². The smallest absolute Gasteiger partial charge is 0.251 e. The van der Waals surface area contributed by atoms with Gasteiger partial charge < -0.3 is 19.7 Å². The predicted molar refractivity (Wildman–Crippen MR) is 114 cm³/mol. The Bertz CT molecular complexity index is 795. The highest BCUT2D eigenvalue weighted by Gasteiger charge is 2.16. The first-order valence-electron chi connectivity index (χ1n) is 9.80. The van der Waals surface area contributed by atoms with E-state index < -0.39 is 0 Å². The highest BCUT2D eigenvalue weighted by Crippen LogP contribution is 2.25. The molecule has 156 valence electrons. The summed E-state index contributed by atoms with van der Waals surface area (Å²) in [6.45, 7) is 3.57. The van der Waals surface area contributed by atoms with Gasteiger partial charge in [-0.25, -0.2) is 9.97 Å². The molecule has 0 unspecified atom stereocenters. The largest absolute Gasteiger partial charge is 0.383 e. The van der Waals surface area contributed by atoms with Gasteiger partial charge in [-0.2, -0.15) is 0 Å². The molecule has 2 aromatic rings. The second kappa shape index (κ2) is 11.1. The van der Waals surface area contributed by atoms with Crippen LogP contribution in [0.25, 0.3) is 0 Å². The van der Waals surface area contributed by atoms with Gasteiger partial charge in [0.1, 0.15) is 5.82 Å². The normalized spacial score (nSPS) is 13.7. The number of methoxy groups -OCH3 is 2. The summed E-state index contributed by atoms with van der Waals surface area (Å²) in [6.07, 6.45) is 2.41. The van der Waals surface area contributed by atoms with E-state index >= 15 is 0 Å². The van der Waals surface area contributed by atoms with Crippen LogP contribution in [0.2, 0.25) is 0 Å². The Morgan fingerprint density at radius 1 is 1.14 bits per heavy atom. The number of nitrogens with one attached hydrogen (secondary N) is 1. The molecule has 1 N–H and O–H groups in total. The first kappa shape index (κ1) is 21.5. The molecule has 0 bridgehead atoms. The van der Waals surface area contributed by atoms with Crippen LogP contribution in [0.5, 0.6) is 0 Å². The van der Waals surface area contributed by atoms with Crippen molar-refractivity contribution in [3.05, 3.63) is 47.2 Å². The number of anilines is 1. The van der Waals surface area contributed by atoms with Crippen LogP contribution in [0.4, 0.5) is 5.82 Å². The SMILES string of the molecule is COCCNC(=O)c1ccc(CSc2nc(COC)cc(N3CCCC3)n2)cc1. The number of carbonyl (C=O) groups is 1. The molecule has 1 aliphatic rings. The lowest BCUT2D eigenvalue weighted by Gasteiger charge is -2.17. The minimum Gasteiger partial charge on any atom is -0.383 e. The molecule has 0 aliphatic carbocycles. The summed E-state index contributed by atoms with van der Waals surface area (Å²) in [4.78, 5) is 23.7. The van der Waals surface area contributed by atoms with Crippen molar-refractivity contribution in [3.63, 3.8) is 0 Å². The van der Waals surface area contributed by atoms with Crippen LogP contribution in [-0.4, -0.2) is 56.3 Å². The van der Waals surface area contributed by atoms with E-state index in [0.29, 0.717) is 25.3 Å². The quantitative estimate of drug-likeness (QED) is 0.362. The Balaban J connectivity index is 1.62. The molecule has 1 fully saturated rings. The van der Waals surface area contributed by atoms with Crippen LogP contribution in [-0.2, 0) is 21.8 Å². The van der Waals surface area contributed by atoms with Gasteiger partial charge in [0.25, 0.3) is 5.91 Å². The number of amides is 1. The molecule has 3 rings (SSSR count). The fourth-order valence-corrected chi connectivity index (χ4v) is 3.95. The molecular formula is C21H28N4O3S. The number of rotatable bonds is 10. The molecule has 1 aliphatic heterocycles. The summed E-state index contributed by atoms with van der Waals surface area (Å²) < 4.78 is 10.2. The zero-order valence-corrected chi connectivity index (χ0v) is 17.8. The van der Waals surface area contributed by atoms with Gasteiger partial charge in [0.15, 0.2) is 5.16 Å². The molecule has 1 saturated heterocycles. The fraction of sp³-hybridized carbons (Fsp3) is 0.476. The molecule has 29 heavy (non-hydrogen) atoms. The zero-order chi connectivity index (χ0) is 20.5. The van der Waals surface area contributed by atoms with Gasteiger partial charge in [-0.1, -0.05) is 23.9 Å². The number of thioether (sulfide) groups is 1. The van der Waals surface area contributed by atoms with E-state index in [4.69, 9.17) is 14.5 Å². The van der Waals surface area contributed by atoms with E-state index in [0.717, 1.165) is 41.1 Å². The van der Waals surface area contributed by atoms with Gasteiger partial charge in [-0.3, -0.25) is 4.79 Å². The molecule has 2 heterocycles. The Morgan fingerprint density at radius 3 is 2.59 bits per heavy atom. The maximum Gasteiger partial charge on any atom is 0.251 e. The first-order valence-corrected chi connectivity index (χ1v) is 10.8. The zero-order valence-electron chi connectivity index (χ0n) is 17.0. The molecule has 1 amide bonds. The van der Waals surface area contributed by atoms with Crippen molar-refractivity contribution >= 4 is 23.5 Å². The van der Waals surface area contributed by atoms with Gasteiger partial charge >= 0.3 is 0 Å². The monoisotopic (exact) mass is 416 g/mol. The summed E-state index contributed by atoms with van der Waals surface area (Å²) in [5.74, 6) is 1.63. The van der Waals surface area contributed by atoms with Crippen molar-refractivity contribution in [3.8, 4) is 0 Å². The number of benzene rings is 1. The molecule has 0 radical (unpaired) electrons. The van der Waals surface area contributed by atoms with Gasteiger partial charge in [0.05, 0.1) is 18.9 Å². The van der Waals surface area contributed by atoms with E-state index in [1.165, 1.54) is 12.8 Å². The maximum absolute atomic E-state index is 12.1. The molecule has 0 saturated carbocycles. The Hall–Kier alpha value is -2.16. The lowest BCUT2D eigenvalue weighted by atomic mass is 10.1. The van der Waals surface area contributed by atoms with Crippen molar-refractivity contribution in [1.29, 1.82) is 0 Å². The van der Waals surface area contributed by atoms with Gasteiger partial charge in [-0.05, 0) is 30.5 Å². The van der Waals surface area contributed by atoms with Crippen LogP contribution >= 0.6 is 11.8 Å². The molecule has 8 heteroatoms. The molecule has 0 atom stereocenters. The van der Waals surface area contributed by atoms with Crippen molar-refractivity contribution in [2.24, 2.45) is 0 Å². The van der Waals surface area contributed by atoms with E-state index in [1.807, 2.05) is 30.3 Å². The predicted octanol–water partition coefficient (Wildman–Crippen LogP) is 2.89. The molecule has 1 aromatic heterocycles. The summed E-state index contributed by atoms with van der Waals surface area (Å²) >= 11 is 1.60. The van der Waals surface area contributed by atoms with Crippen molar-refractivity contribution < 1.29 is 14.3 Å². The summed E-state index contributed by atoms with van der Waals surface area (Å²) in [5, 5.41) is 3.58. The van der Waals surface area contributed by atoms with Crippen molar-refractivity contribution in [2.75, 3.05) is 45.4 Å². The van der Waals surface area contributed by atoms with Crippen LogP contribution in [0.3, 0.4) is 0 Å². The number of ether oxygens (including phenoxy) is 2. The van der Waals surface area contributed by atoms with E-state index in [2.05, 4.69) is 15.2 Å². The number of aromatic nitrogens is 2. The lowest BCUT2D eigenvalue weighted by molar-refractivity contribution is 0.0937. The standard InChI is InChI=1S/C21H28N4O3S/c1-27-12-9-22-20(26)17-7-5-16(6-8-17)15-29-21-23-18(14-28-2)13-19(24-21)25-10-3-4-11-25/h5-8,13H,3-4,9-12,14-15H2,1-2H3,(H,22,26). The minimum absolute atomic E-state index is 0.0906. The maximum atomic E-state index is 12.1. The van der Waals surface area contributed by atoms with Gasteiger partial charge in [0, 0.05) is 51.2 Å². The Kier molecular flexibility index (Phi) is 8.27. The number of nitrogens with zero attached hydrogens (tertiary/aromatic N) is 3. The van der Waals surface area contributed by atoms with Crippen LogP contribution in [0.15, 0.2) is 35.5 Å². The minimum atomic E-state index is -0.0906. The molecular weight excluding hydrogens is 388 g/mol. The van der Waals surface area contributed by atoms with Crippen molar-refractivity contribution in [2.45, 2.75) is 30.4 Å². The van der Waals surface area contributed by atoms with E-state index in [-0.39, 0.29) is 5.91 Å². The van der Waals surface area contributed by atoms with Gasteiger partial charge in [-0.15, -0.1) is 0 Å². The summed E-state index contributed by atoms with van der Waals surface area (Å²) in [7, 11) is 3.29. The number of hydrogen-bond acceptors (Lipinski definition) is 7. The Labute approximate surface area is 176 Å². The number of hydrogen-bond donors (Lipinski definition) is 1. The lowest BCUT2D eigenvalue weighted by Crippen LogP contribution is -2.26. The average molecular weight is 417 g/mol. The molecule has 0 spiro atoms. The topological polar surface area (TPSA) is 76.6 Å². The third kappa shape index (κ3) is 6.42. The average Bonchev–Trinajstić information content (AvgIpc) is 3.28. The van der Waals surface area contributed by atoms with Crippen LogP contribution in [0, 0.1) is 0 Å². The van der Waals surface area contributed by atoms with Crippen LogP contribution in [0.1, 0.15) is 34.5 Å². The third-order valence-electron chi connectivity index (χ3n) is 4.64. The third-order valence-corrected chi connectivity index (χ3v) is 5.56. The Morgan fingerprint density at radius 2 is 1.90 bits per heavy atom. The highest BCUT2D eigenvalue weighted by molar-refractivity contribution is 7.98. The van der Waals surface area contributed by atoms with E-state index in [1.54, 1.807) is 26.0 Å². The number of carbonyl (C=O) groups excluding carboxylic acids is 1. The molecule has 1 aromatic carbocycles. The summed E-state index contributed by atoms with van der Waals surface area (Å²) in [6, 6.07) is 9.65. The van der Waals surface area contributed by atoms with Crippen LogP contribution < -0.4 is 10.2 Å². The summed E-state index contributed by atoms with van der Waals surface area (Å²) in [5.41, 5.74) is 2.66. The fourth-order valence-electron chi connectivity index (χ4n) is 3.12. The second-order valence-corrected chi connectivity index (χ2v) is 7.80. The molecule has 7 nitrogen and oxygen atoms in total.